The molecule has 2 aromatic carbocycles. The first kappa shape index (κ1) is 10.7. The Hall–Kier alpha value is -1.83. The highest BCUT2D eigenvalue weighted by Crippen LogP contribution is 2.26. The Kier molecular flexibility index (Phi) is 2.65. The highest BCUT2D eigenvalue weighted by molar-refractivity contribution is 5.65. The smallest absolute Gasteiger partial charge is 0.165 e. The van der Waals surface area contributed by atoms with Crippen LogP contribution in [0.5, 0.6) is 5.75 Å². The Balaban J connectivity index is 2.50. The van der Waals surface area contributed by atoms with E-state index in [1.165, 1.54) is 23.3 Å². The van der Waals surface area contributed by atoms with Crippen LogP contribution in [0.4, 0.5) is 4.39 Å². The van der Waals surface area contributed by atoms with Crippen LogP contribution in [0.15, 0.2) is 36.4 Å². The predicted octanol–water partition coefficient (Wildman–Crippen LogP) is 3.82. The summed E-state index contributed by atoms with van der Waals surface area (Å²) in [5.41, 5.74) is 4.12. The normalized spacial score (nSPS) is 10.4. The van der Waals surface area contributed by atoms with Crippen LogP contribution in [0.2, 0.25) is 0 Å². The molecule has 0 spiro atoms. The third kappa shape index (κ3) is 1.91. The van der Waals surface area contributed by atoms with Crippen molar-refractivity contribution in [1.29, 1.82) is 0 Å². The van der Waals surface area contributed by atoms with Crippen molar-refractivity contribution in [3.63, 3.8) is 0 Å². The van der Waals surface area contributed by atoms with Crippen LogP contribution in [0.3, 0.4) is 0 Å². The second kappa shape index (κ2) is 3.97. The number of benzene rings is 2. The molecule has 0 bridgehead atoms. The monoisotopic (exact) mass is 216 g/mol. The molecular formula is C14H13FO. The van der Waals surface area contributed by atoms with Gasteiger partial charge in [0.25, 0.3) is 0 Å². The minimum atomic E-state index is -0.587. The van der Waals surface area contributed by atoms with E-state index in [-0.39, 0.29) is 5.75 Å². The van der Waals surface area contributed by atoms with Crippen LogP contribution in [0.1, 0.15) is 11.1 Å². The average Bonchev–Trinajstić information content (AvgIpc) is 2.26. The number of hydrogen-bond donors (Lipinski definition) is 1. The molecule has 2 aromatic rings. The summed E-state index contributed by atoms with van der Waals surface area (Å²) >= 11 is 0. The number of rotatable bonds is 1. The summed E-state index contributed by atoms with van der Waals surface area (Å²) < 4.78 is 13.2. The van der Waals surface area contributed by atoms with Gasteiger partial charge in [-0.25, -0.2) is 4.39 Å². The van der Waals surface area contributed by atoms with Gasteiger partial charge in [-0.1, -0.05) is 24.3 Å². The van der Waals surface area contributed by atoms with E-state index in [4.69, 9.17) is 5.11 Å². The minimum absolute atomic E-state index is 0.312. The van der Waals surface area contributed by atoms with Gasteiger partial charge in [-0.3, -0.25) is 0 Å². The molecule has 82 valence electrons. The molecule has 0 aromatic heterocycles. The van der Waals surface area contributed by atoms with Crippen molar-refractivity contribution in [2.75, 3.05) is 0 Å². The van der Waals surface area contributed by atoms with E-state index in [1.54, 1.807) is 6.07 Å². The van der Waals surface area contributed by atoms with Crippen molar-refractivity contribution in [1.82, 2.24) is 0 Å². The number of aromatic hydroxyl groups is 1. The lowest BCUT2D eigenvalue weighted by atomic mass is 10.0. The summed E-state index contributed by atoms with van der Waals surface area (Å²) in [6.07, 6.45) is 0. The zero-order chi connectivity index (χ0) is 11.7. The molecule has 0 radical (unpaired) electrons. The summed E-state index contributed by atoms with van der Waals surface area (Å²) in [6.45, 7) is 4.06. The molecule has 0 fully saturated rings. The second-order valence-corrected chi connectivity index (χ2v) is 3.97. The van der Waals surface area contributed by atoms with Gasteiger partial charge >= 0.3 is 0 Å². The maximum absolute atomic E-state index is 13.2. The van der Waals surface area contributed by atoms with Gasteiger partial charge in [0.1, 0.15) is 0 Å². The third-order valence-electron chi connectivity index (χ3n) is 2.79. The molecule has 0 saturated heterocycles. The van der Waals surface area contributed by atoms with E-state index in [9.17, 15) is 4.39 Å². The molecule has 0 unspecified atom stereocenters. The summed E-state index contributed by atoms with van der Waals surface area (Å²) in [7, 11) is 0. The number of phenolic OH excluding ortho intramolecular Hbond substituents is 1. The Labute approximate surface area is 94.2 Å². The molecule has 1 nitrogen and oxygen atoms in total. The molecule has 0 atom stereocenters. The Morgan fingerprint density at radius 3 is 2.12 bits per heavy atom. The molecule has 0 aliphatic rings. The van der Waals surface area contributed by atoms with Crippen LogP contribution in [-0.4, -0.2) is 5.11 Å². The Morgan fingerprint density at radius 2 is 1.50 bits per heavy atom. The summed E-state index contributed by atoms with van der Waals surface area (Å²) in [5, 5.41) is 9.11. The SMILES string of the molecule is Cc1ccc(-c2ccc(O)c(F)c2)cc1C. The van der Waals surface area contributed by atoms with Gasteiger partial charge in [0.05, 0.1) is 0 Å². The lowest BCUT2D eigenvalue weighted by Crippen LogP contribution is -1.85. The van der Waals surface area contributed by atoms with Gasteiger partial charge in [0.15, 0.2) is 11.6 Å². The summed E-state index contributed by atoms with van der Waals surface area (Å²) in [5.74, 6) is -0.900. The lowest BCUT2D eigenvalue weighted by molar-refractivity contribution is 0.432. The predicted molar refractivity (Wildman–Crippen MR) is 63.0 cm³/mol. The van der Waals surface area contributed by atoms with E-state index in [1.807, 2.05) is 32.0 Å². The standard InChI is InChI=1S/C14H13FO/c1-9-3-4-11(7-10(9)2)12-5-6-14(16)13(15)8-12/h3-8,16H,1-2H3. The van der Waals surface area contributed by atoms with E-state index in [2.05, 4.69) is 0 Å². The Bertz CT molecular complexity index is 483. The van der Waals surface area contributed by atoms with Gasteiger partial charge in [0, 0.05) is 0 Å². The van der Waals surface area contributed by atoms with Gasteiger partial charge in [0.2, 0.25) is 0 Å². The molecule has 1 N–H and O–H groups in total. The van der Waals surface area contributed by atoms with Gasteiger partial charge in [-0.15, -0.1) is 0 Å². The number of phenols is 1. The maximum atomic E-state index is 13.2. The number of aryl methyl sites for hydroxylation is 2. The van der Waals surface area contributed by atoms with Crippen LogP contribution < -0.4 is 0 Å². The first-order chi connectivity index (χ1) is 7.58. The molecule has 0 aliphatic heterocycles. The molecule has 0 heterocycles. The fourth-order valence-electron chi connectivity index (χ4n) is 1.61. The van der Waals surface area contributed by atoms with E-state index in [0.29, 0.717) is 0 Å². The number of halogens is 1. The molecule has 2 rings (SSSR count). The molecular weight excluding hydrogens is 203 g/mol. The van der Waals surface area contributed by atoms with Gasteiger partial charge < -0.3 is 5.11 Å². The third-order valence-corrected chi connectivity index (χ3v) is 2.79. The van der Waals surface area contributed by atoms with Crippen LogP contribution in [0.25, 0.3) is 11.1 Å². The van der Waals surface area contributed by atoms with E-state index >= 15 is 0 Å². The van der Waals surface area contributed by atoms with Crippen molar-refractivity contribution in [2.24, 2.45) is 0 Å². The second-order valence-electron chi connectivity index (χ2n) is 3.97. The molecule has 0 amide bonds. The van der Waals surface area contributed by atoms with Crippen LogP contribution >= 0.6 is 0 Å². The van der Waals surface area contributed by atoms with Gasteiger partial charge in [-0.2, -0.15) is 0 Å². The quantitative estimate of drug-likeness (QED) is 0.768. The lowest BCUT2D eigenvalue weighted by Gasteiger charge is -2.06. The first-order valence-electron chi connectivity index (χ1n) is 5.14. The summed E-state index contributed by atoms with van der Waals surface area (Å²) in [6, 6.07) is 10.4. The van der Waals surface area contributed by atoms with Crippen LogP contribution in [-0.2, 0) is 0 Å². The van der Waals surface area contributed by atoms with E-state index in [0.717, 1.165) is 11.1 Å². The van der Waals surface area contributed by atoms with Gasteiger partial charge in [-0.05, 0) is 48.2 Å². The molecule has 0 aliphatic carbocycles. The maximum Gasteiger partial charge on any atom is 0.165 e. The molecule has 0 saturated carbocycles. The minimum Gasteiger partial charge on any atom is -0.505 e. The zero-order valence-corrected chi connectivity index (χ0v) is 9.29. The highest BCUT2D eigenvalue weighted by Gasteiger charge is 2.04. The first-order valence-corrected chi connectivity index (χ1v) is 5.14. The fourth-order valence-corrected chi connectivity index (χ4v) is 1.61. The largest absolute Gasteiger partial charge is 0.505 e. The highest BCUT2D eigenvalue weighted by atomic mass is 19.1. The average molecular weight is 216 g/mol. The molecule has 2 heteroatoms. The summed E-state index contributed by atoms with van der Waals surface area (Å²) in [4.78, 5) is 0. The van der Waals surface area contributed by atoms with Crippen LogP contribution in [0, 0.1) is 19.7 Å². The van der Waals surface area contributed by atoms with Crippen molar-refractivity contribution in [3.8, 4) is 16.9 Å². The van der Waals surface area contributed by atoms with Crippen molar-refractivity contribution >= 4 is 0 Å². The van der Waals surface area contributed by atoms with Crippen molar-refractivity contribution in [2.45, 2.75) is 13.8 Å². The zero-order valence-electron chi connectivity index (χ0n) is 9.29. The topological polar surface area (TPSA) is 20.2 Å². The van der Waals surface area contributed by atoms with E-state index < -0.39 is 5.82 Å². The Morgan fingerprint density at radius 1 is 0.875 bits per heavy atom. The van der Waals surface area contributed by atoms with Crippen molar-refractivity contribution < 1.29 is 9.50 Å². The molecule has 16 heavy (non-hydrogen) atoms. The fraction of sp³-hybridized carbons (Fsp3) is 0.143. The number of hydrogen-bond acceptors (Lipinski definition) is 1. The van der Waals surface area contributed by atoms with Crippen molar-refractivity contribution in [3.05, 3.63) is 53.3 Å².